The van der Waals surface area contributed by atoms with Gasteiger partial charge in [0.05, 0.1) is 23.2 Å². The molecule has 3 aromatic rings. The number of carbonyl (C=O) groups excluding carboxylic acids is 3. The fraction of sp³-hybridized carbons (Fsp3) is 0.0833. The number of para-hydroxylation sites is 1. The van der Waals surface area contributed by atoms with Crippen LogP contribution in [0.2, 0.25) is 0 Å². The van der Waals surface area contributed by atoms with Crippen LogP contribution in [0.3, 0.4) is 0 Å². The summed E-state index contributed by atoms with van der Waals surface area (Å²) in [7, 11) is 0. The molecule has 3 aromatic carbocycles. The number of hydrogen-bond acceptors (Lipinski definition) is 5. The number of carboxylic acid groups (broad SMARTS) is 1. The summed E-state index contributed by atoms with van der Waals surface area (Å²) in [5.41, 5.74) is 1.48. The molecular formula is C24H18N2O6. The third-order valence-corrected chi connectivity index (χ3v) is 4.79. The Kier molecular flexibility index (Phi) is 5.67. The molecule has 8 heteroatoms. The topological polar surface area (TPSA) is 113 Å². The van der Waals surface area contributed by atoms with Crippen LogP contribution in [0.5, 0.6) is 11.5 Å². The first-order chi connectivity index (χ1) is 15.4. The quantitative estimate of drug-likeness (QED) is 0.546. The van der Waals surface area contributed by atoms with E-state index in [2.05, 4.69) is 5.32 Å². The van der Waals surface area contributed by atoms with Gasteiger partial charge in [-0.3, -0.25) is 19.2 Å². The number of carbonyl (C=O) groups is 4. The molecule has 0 aromatic heterocycles. The SMILES string of the molecule is O=C(O)CCC(=O)Nc1cccc(Oc2ccc3c(c2)C(=O)N(c2ccccc2)C3=O)c1. The molecule has 2 N–H and O–H groups in total. The minimum Gasteiger partial charge on any atom is -0.481 e. The Balaban J connectivity index is 1.50. The van der Waals surface area contributed by atoms with Gasteiger partial charge in [-0.15, -0.1) is 0 Å². The molecule has 0 spiro atoms. The Bertz CT molecular complexity index is 1220. The Labute approximate surface area is 183 Å². The molecule has 1 aliphatic heterocycles. The first-order valence-electron chi connectivity index (χ1n) is 9.80. The van der Waals surface area contributed by atoms with Crippen LogP contribution >= 0.6 is 0 Å². The zero-order valence-electron chi connectivity index (χ0n) is 16.8. The molecule has 0 bridgehead atoms. The third kappa shape index (κ3) is 4.34. The van der Waals surface area contributed by atoms with Gasteiger partial charge in [0.2, 0.25) is 5.91 Å². The van der Waals surface area contributed by atoms with Crippen molar-refractivity contribution < 1.29 is 29.0 Å². The van der Waals surface area contributed by atoms with Gasteiger partial charge in [-0.1, -0.05) is 24.3 Å². The van der Waals surface area contributed by atoms with Crippen LogP contribution in [0.25, 0.3) is 0 Å². The van der Waals surface area contributed by atoms with Crippen molar-refractivity contribution >= 4 is 35.1 Å². The highest BCUT2D eigenvalue weighted by molar-refractivity contribution is 6.34. The van der Waals surface area contributed by atoms with Crippen molar-refractivity contribution in [3.63, 3.8) is 0 Å². The molecule has 1 heterocycles. The molecule has 0 unspecified atom stereocenters. The number of rotatable bonds is 7. The zero-order chi connectivity index (χ0) is 22.7. The van der Waals surface area contributed by atoms with Crippen LogP contribution in [-0.4, -0.2) is 28.8 Å². The molecule has 0 aliphatic carbocycles. The van der Waals surface area contributed by atoms with Crippen molar-refractivity contribution in [3.05, 3.63) is 83.9 Å². The number of aliphatic carboxylic acids is 1. The van der Waals surface area contributed by atoms with E-state index in [0.29, 0.717) is 28.4 Å². The van der Waals surface area contributed by atoms with Crippen molar-refractivity contribution in [2.45, 2.75) is 12.8 Å². The van der Waals surface area contributed by atoms with E-state index >= 15 is 0 Å². The Morgan fingerprint density at radius 1 is 0.812 bits per heavy atom. The average Bonchev–Trinajstić information content (AvgIpc) is 3.03. The number of imide groups is 1. The molecule has 160 valence electrons. The average molecular weight is 430 g/mol. The maximum atomic E-state index is 12.9. The fourth-order valence-corrected chi connectivity index (χ4v) is 3.31. The maximum absolute atomic E-state index is 12.9. The summed E-state index contributed by atoms with van der Waals surface area (Å²) in [5, 5.41) is 11.3. The second kappa shape index (κ2) is 8.73. The maximum Gasteiger partial charge on any atom is 0.303 e. The van der Waals surface area contributed by atoms with E-state index in [9.17, 15) is 19.2 Å². The van der Waals surface area contributed by atoms with Gasteiger partial charge >= 0.3 is 5.97 Å². The predicted molar refractivity (Wildman–Crippen MR) is 116 cm³/mol. The standard InChI is InChI=1S/C24H18N2O6/c27-21(11-12-22(28)29)25-15-5-4-8-17(13-15)32-18-9-10-19-20(14-18)24(31)26(23(19)30)16-6-2-1-3-7-16/h1-10,13-14H,11-12H2,(H,25,27)(H,28,29). The number of benzene rings is 3. The van der Waals surface area contributed by atoms with Crippen LogP contribution in [0, 0.1) is 0 Å². The number of nitrogens with one attached hydrogen (secondary N) is 1. The fourth-order valence-electron chi connectivity index (χ4n) is 3.31. The predicted octanol–water partition coefficient (Wildman–Crippen LogP) is 4.08. The molecule has 0 radical (unpaired) electrons. The van der Waals surface area contributed by atoms with Crippen LogP contribution in [-0.2, 0) is 9.59 Å². The summed E-state index contributed by atoms with van der Waals surface area (Å²) in [6.45, 7) is 0. The van der Waals surface area contributed by atoms with Crippen LogP contribution in [0.4, 0.5) is 11.4 Å². The molecule has 0 atom stereocenters. The van der Waals surface area contributed by atoms with Gasteiger partial charge in [-0.2, -0.15) is 0 Å². The van der Waals surface area contributed by atoms with Gasteiger partial charge in [0.15, 0.2) is 0 Å². The monoisotopic (exact) mass is 430 g/mol. The lowest BCUT2D eigenvalue weighted by Crippen LogP contribution is -2.29. The Hall–Kier alpha value is -4.46. The number of carboxylic acids is 1. The van der Waals surface area contributed by atoms with Crippen molar-refractivity contribution in [1.29, 1.82) is 0 Å². The van der Waals surface area contributed by atoms with E-state index in [1.165, 1.54) is 6.07 Å². The summed E-state index contributed by atoms with van der Waals surface area (Å²) in [6, 6.07) is 19.9. The number of fused-ring (bicyclic) bond motifs is 1. The van der Waals surface area contributed by atoms with Crippen molar-refractivity contribution in [3.8, 4) is 11.5 Å². The van der Waals surface area contributed by atoms with Gasteiger partial charge in [0.1, 0.15) is 11.5 Å². The van der Waals surface area contributed by atoms with Crippen LogP contribution in [0.15, 0.2) is 72.8 Å². The lowest BCUT2D eigenvalue weighted by Gasteiger charge is -2.13. The largest absolute Gasteiger partial charge is 0.481 e. The first kappa shape index (κ1) is 20.8. The van der Waals surface area contributed by atoms with E-state index in [-0.39, 0.29) is 18.4 Å². The highest BCUT2D eigenvalue weighted by atomic mass is 16.5. The van der Waals surface area contributed by atoms with E-state index in [1.54, 1.807) is 66.7 Å². The second-order valence-electron chi connectivity index (χ2n) is 7.06. The van der Waals surface area contributed by atoms with E-state index in [4.69, 9.17) is 9.84 Å². The molecule has 32 heavy (non-hydrogen) atoms. The van der Waals surface area contributed by atoms with Gasteiger partial charge in [-0.25, -0.2) is 4.90 Å². The number of nitrogens with zero attached hydrogens (tertiary/aromatic N) is 1. The molecule has 0 saturated heterocycles. The molecule has 3 amide bonds. The molecule has 1 aliphatic rings. The minimum absolute atomic E-state index is 0.140. The van der Waals surface area contributed by atoms with Crippen molar-refractivity contribution in [1.82, 2.24) is 0 Å². The smallest absolute Gasteiger partial charge is 0.303 e. The van der Waals surface area contributed by atoms with E-state index < -0.39 is 23.7 Å². The highest BCUT2D eigenvalue weighted by Crippen LogP contribution is 2.32. The summed E-state index contributed by atoms with van der Waals surface area (Å²) < 4.78 is 5.82. The second-order valence-corrected chi connectivity index (χ2v) is 7.06. The number of ether oxygens (including phenoxy) is 1. The first-order valence-corrected chi connectivity index (χ1v) is 9.80. The lowest BCUT2D eigenvalue weighted by molar-refractivity contribution is -0.138. The molecule has 0 fully saturated rings. The van der Waals surface area contributed by atoms with E-state index in [1.807, 2.05) is 0 Å². The lowest BCUT2D eigenvalue weighted by atomic mass is 10.1. The number of anilines is 2. The van der Waals surface area contributed by atoms with Crippen LogP contribution < -0.4 is 15.0 Å². The van der Waals surface area contributed by atoms with Crippen molar-refractivity contribution in [2.24, 2.45) is 0 Å². The Morgan fingerprint density at radius 3 is 2.28 bits per heavy atom. The highest BCUT2D eigenvalue weighted by Gasteiger charge is 2.36. The molecular weight excluding hydrogens is 412 g/mol. The van der Waals surface area contributed by atoms with Gasteiger partial charge < -0.3 is 15.2 Å². The summed E-state index contributed by atoms with van der Waals surface area (Å²) in [6.07, 6.45) is -0.400. The van der Waals surface area contributed by atoms with Gasteiger partial charge in [-0.05, 0) is 42.5 Å². The number of amides is 3. The van der Waals surface area contributed by atoms with Gasteiger partial charge in [0, 0.05) is 18.2 Å². The minimum atomic E-state index is -1.05. The summed E-state index contributed by atoms with van der Waals surface area (Å²) >= 11 is 0. The Morgan fingerprint density at radius 2 is 1.53 bits per heavy atom. The summed E-state index contributed by atoms with van der Waals surface area (Å²) in [5.74, 6) is -1.54. The molecule has 8 nitrogen and oxygen atoms in total. The normalized spacial score (nSPS) is 12.4. The molecule has 0 saturated carbocycles. The summed E-state index contributed by atoms with van der Waals surface area (Å²) in [4.78, 5) is 49.1. The number of hydrogen-bond donors (Lipinski definition) is 2. The van der Waals surface area contributed by atoms with Gasteiger partial charge in [0.25, 0.3) is 11.8 Å². The molecule has 4 rings (SSSR count). The third-order valence-electron chi connectivity index (χ3n) is 4.79. The van der Waals surface area contributed by atoms with Crippen LogP contribution in [0.1, 0.15) is 33.6 Å². The van der Waals surface area contributed by atoms with E-state index in [0.717, 1.165) is 4.90 Å². The zero-order valence-corrected chi connectivity index (χ0v) is 16.8. The van der Waals surface area contributed by atoms with Crippen molar-refractivity contribution in [2.75, 3.05) is 10.2 Å².